The Bertz CT molecular complexity index is 1440. The molecule has 45 heavy (non-hydrogen) atoms. The van der Waals surface area contributed by atoms with Gasteiger partial charge in [0.25, 0.3) is 0 Å². The third kappa shape index (κ3) is 10.1. The maximum atomic E-state index is 11.4. The lowest BCUT2D eigenvalue weighted by atomic mass is 9.96. The Hall–Kier alpha value is -4.27. The van der Waals surface area contributed by atoms with Gasteiger partial charge in [0.05, 0.1) is 33.0 Å². The smallest absolute Gasteiger partial charge is 0.303 e. The van der Waals surface area contributed by atoms with Crippen molar-refractivity contribution in [1.82, 2.24) is 0 Å². The first kappa shape index (κ1) is 32.1. The quantitative estimate of drug-likeness (QED) is 0.145. The van der Waals surface area contributed by atoms with Crippen LogP contribution in [0.1, 0.15) is 35.1 Å². The van der Waals surface area contributed by atoms with Crippen LogP contribution in [0.4, 0.5) is 0 Å². The Kier molecular flexibility index (Phi) is 12.3. The van der Waals surface area contributed by atoms with Crippen LogP contribution >= 0.6 is 0 Å². The van der Waals surface area contributed by atoms with Crippen LogP contribution in [0.2, 0.25) is 0 Å². The molecule has 1 aliphatic rings. The van der Waals surface area contributed by atoms with E-state index in [0.717, 1.165) is 22.3 Å². The van der Waals surface area contributed by atoms with Gasteiger partial charge in [0.1, 0.15) is 24.1 Å². The molecule has 1 N–H and O–H groups in total. The van der Waals surface area contributed by atoms with Crippen molar-refractivity contribution in [2.75, 3.05) is 6.61 Å². The minimum Gasteiger partial charge on any atom is -0.487 e. The van der Waals surface area contributed by atoms with Gasteiger partial charge in [-0.3, -0.25) is 4.79 Å². The summed E-state index contributed by atoms with van der Waals surface area (Å²) >= 11 is 0. The van der Waals surface area contributed by atoms with Gasteiger partial charge in [-0.15, -0.1) is 0 Å². The monoisotopic (exact) mass is 608 g/mol. The van der Waals surface area contributed by atoms with Crippen LogP contribution in [0.3, 0.4) is 0 Å². The van der Waals surface area contributed by atoms with Gasteiger partial charge in [0.15, 0.2) is 6.10 Å². The van der Waals surface area contributed by atoms with Crippen molar-refractivity contribution in [2.24, 2.45) is 0 Å². The number of carboxylic acids is 1. The molecule has 0 spiro atoms. The molecule has 4 aromatic rings. The zero-order chi connectivity index (χ0) is 31.1. The molecule has 0 saturated carbocycles. The van der Waals surface area contributed by atoms with Crippen LogP contribution in [0.5, 0.6) is 0 Å². The number of carbonyl (C=O) groups is 1. The van der Waals surface area contributed by atoms with E-state index in [1.807, 2.05) is 121 Å². The van der Waals surface area contributed by atoms with Crippen molar-refractivity contribution in [3.63, 3.8) is 0 Å². The first-order valence-electron chi connectivity index (χ1n) is 15.3. The molecule has 0 aromatic heterocycles. The first-order valence-corrected chi connectivity index (χ1v) is 15.3. The highest BCUT2D eigenvalue weighted by atomic mass is 16.6. The predicted molar refractivity (Wildman–Crippen MR) is 171 cm³/mol. The average Bonchev–Trinajstić information content (AvgIpc) is 3.08. The van der Waals surface area contributed by atoms with Crippen molar-refractivity contribution in [3.05, 3.63) is 155 Å². The molecule has 234 valence electrons. The topological polar surface area (TPSA) is 83.5 Å². The summed E-state index contributed by atoms with van der Waals surface area (Å²) in [6.07, 6.45) is -0.249. The van der Waals surface area contributed by atoms with Crippen molar-refractivity contribution in [1.29, 1.82) is 0 Å². The summed E-state index contributed by atoms with van der Waals surface area (Å²) in [5.74, 6) is -0.355. The molecule has 0 bridgehead atoms. The standard InChI is InChI=1S/C38H40O7/c39-35(40)23-13-22-33-36(42-25-30-16-7-2-8-17-30)38(44-27-32-20-11-4-12-21-32)37(43-26-31-18-9-3-10-19-31)34(45-33)28-41-24-29-14-5-1-6-15-29/h1-12,14-22,34,36-38H,13,23-28H2,(H,39,40)/t34-,36-,37-,38-/m1/s1. The van der Waals surface area contributed by atoms with Gasteiger partial charge in [-0.2, -0.15) is 0 Å². The number of ether oxygens (including phenoxy) is 5. The molecule has 1 saturated heterocycles. The fourth-order valence-corrected chi connectivity index (χ4v) is 5.21. The second kappa shape index (κ2) is 17.3. The minimum absolute atomic E-state index is 0.0308. The van der Waals surface area contributed by atoms with Gasteiger partial charge in [-0.25, -0.2) is 0 Å². The number of benzene rings is 4. The maximum Gasteiger partial charge on any atom is 0.303 e. The number of rotatable bonds is 16. The van der Waals surface area contributed by atoms with Crippen molar-refractivity contribution >= 4 is 5.97 Å². The van der Waals surface area contributed by atoms with E-state index in [9.17, 15) is 9.90 Å². The Morgan fingerprint density at radius 2 is 1.07 bits per heavy atom. The van der Waals surface area contributed by atoms with Crippen molar-refractivity contribution in [2.45, 2.75) is 63.7 Å². The highest BCUT2D eigenvalue weighted by molar-refractivity contribution is 5.66. The number of aliphatic carboxylic acids is 1. The summed E-state index contributed by atoms with van der Waals surface area (Å²) in [6.45, 7) is 1.65. The molecule has 4 aromatic carbocycles. The largest absolute Gasteiger partial charge is 0.487 e. The van der Waals surface area contributed by atoms with E-state index in [0.29, 0.717) is 32.2 Å². The summed E-state index contributed by atoms with van der Waals surface area (Å²) in [5, 5.41) is 9.35. The number of allylic oxidation sites excluding steroid dienone is 1. The molecule has 5 rings (SSSR count). The SMILES string of the molecule is O=C(O)CCC=C1O[C@H](COCc2ccccc2)[C@@H](OCc2ccccc2)[C@H](OCc2ccccc2)[C@@H]1OCc1ccccc1. The molecule has 1 fully saturated rings. The van der Waals surface area contributed by atoms with Gasteiger partial charge in [-0.1, -0.05) is 121 Å². The first-order chi connectivity index (χ1) is 22.2. The molecule has 7 heteroatoms. The Morgan fingerprint density at radius 1 is 0.622 bits per heavy atom. The van der Waals surface area contributed by atoms with E-state index < -0.39 is 30.4 Å². The van der Waals surface area contributed by atoms with Gasteiger partial charge in [0, 0.05) is 6.42 Å². The zero-order valence-corrected chi connectivity index (χ0v) is 25.3. The lowest BCUT2D eigenvalue weighted by Gasteiger charge is -2.43. The summed E-state index contributed by atoms with van der Waals surface area (Å²) in [7, 11) is 0. The lowest BCUT2D eigenvalue weighted by molar-refractivity contribution is -0.223. The van der Waals surface area contributed by atoms with Crippen LogP contribution < -0.4 is 0 Å². The van der Waals surface area contributed by atoms with Crippen molar-refractivity contribution < 1.29 is 33.6 Å². The average molecular weight is 609 g/mol. The lowest BCUT2D eigenvalue weighted by Crippen LogP contribution is -2.56. The molecular formula is C38H40O7. The highest BCUT2D eigenvalue weighted by Crippen LogP contribution is 2.33. The van der Waals surface area contributed by atoms with Gasteiger partial charge < -0.3 is 28.8 Å². The third-order valence-electron chi connectivity index (χ3n) is 7.50. The molecule has 1 heterocycles. The van der Waals surface area contributed by atoms with Crippen LogP contribution in [-0.4, -0.2) is 42.1 Å². The summed E-state index contributed by atoms with van der Waals surface area (Å²) in [4.78, 5) is 11.4. The van der Waals surface area contributed by atoms with Crippen LogP contribution in [0, 0.1) is 0 Å². The van der Waals surface area contributed by atoms with Crippen LogP contribution in [0.15, 0.2) is 133 Å². The molecule has 4 atom stereocenters. The van der Waals surface area contributed by atoms with Crippen LogP contribution in [-0.2, 0) is 54.9 Å². The van der Waals surface area contributed by atoms with Gasteiger partial charge in [-0.05, 0) is 34.8 Å². The normalized spacial score (nSPS) is 20.5. The third-order valence-corrected chi connectivity index (χ3v) is 7.50. The summed E-state index contributed by atoms with van der Waals surface area (Å²) in [6, 6.07) is 39.8. The Labute approximate surface area is 265 Å². The van der Waals surface area contributed by atoms with E-state index in [1.54, 1.807) is 6.08 Å². The Morgan fingerprint density at radius 3 is 1.56 bits per heavy atom. The molecular weight excluding hydrogens is 568 g/mol. The summed E-state index contributed by atoms with van der Waals surface area (Å²) in [5.41, 5.74) is 4.08. The number of carboxylic acid groups (broad SMARTS) is 1. The van der Waals surface area contributed by atoms with E-state index in [2.05, 4.69) is 0 Å². The van der Waals surface area contributed by atoms with Gasteiger partial charge >= 0.3 is 5.97 Å². The van der Waals surface area contributed by atoms with E-state index in [1.165, 1.54) is 0 Å². The zero-order valence-electron chi connectivity index (χ0n) is 25.3. The molecule has 7 nitrogen and oxygen atoms in total. The minimum atomic E-state index is -0.881. The second-order valence-corrected chi connectivity index (χ2v) is 10.9. The summed E-state index contributed by atoms with van der Waals surface area (Å²) < 4.78 is 32.7. The van der Waals surface area contributed by atoms with E-state index in [-0.39, 0.29) is 19.4 Å². The molecule has 1 aliphatic heterocycles. The second-order valence-electron chi connectivity index (χ2n) is 10.9. The number of hydrogen-bond acceptors (Lipinski definition) is 6. The fourth-order valence-electron chi connectivity index (χ4n) is 5.21. The molecule has 0 radical (unpaired) electrons. The van der Waals surface area contributed by atoms with Gasteiger partial charge in [0.2, 0.25) is 0 Å². The predicted octanol–water partition coefficient (Wildman–Crippen LogP) is 7.11. The molecule has 0 aliphatic carbocycles. The molecule has 0 amide bonds. The fraction of sp³-hybridized carbons (Fsp3) is 0.289. The van der Waals surface area contributed by atoms with Crippen molar-refractivity contribution in [3.8, 4) is 0 Å². The van der Waals surface area contributed by atoms with E-state index >= 15 is 0 Å². The maximum absolute atomic E-state index is 11.4. The molecule has 0 unspecified atom stereocenters. The Balaban J connectivity index is 1.45. The number of hydrogen-bond donors (Lipinski definition) is 1. The van der Waals surface area contributed by atoms with Crippen LogP contribution in [0.25, 0.3) is 0 Å². The highest BCUT2D eigenvalue weighted by Gasteiger charge is 2.46. The van der Waals surface area contributed by atoms with E-state index in [4.69, 9.17) is 23.7 Å².